The lowest BCUT2D eigenvalue weighted by molar-refractivity contribution is -0.161. The first kappa shape index (κ1) is 50.1. The lowest BCUT2D eigenvalue weighted by Gasteiger charge is -2.26. The summed E-state index contributed by atoms with van der Waals surface area (Å²) in [6.07, 6.45) is 31.5. The molecule has 12 heteroatoms. The maximum absolute atomic E-state index is 13.2. The van der Waals surface area contributed by atoms with E-state index in [1.807, 2.05) is 0 Å². The van der Waals surface area contributed by atoms with Gasteiger partial charge in [0, 0.05) is 12.8 Å². The Bertz CT molecular complexity index is 1000. The third kappa shape index (κ3) is 30.6. The topological polar surface area (TPSA) is 183 Å². The molecule has 0 saturated heterocycles. The van der Waals surface area contributed by atoms with Crippen molar-refractivity contribution in [3.8, 4) is 0 Å². The average Bonchev–Trinajstić information content (AvgIpc) is 3.12. The molecular formula is C40H74NO10P. The molecule has 0 aliphatic carbocycles. The summed E-state index contributed by atoms with van der Waals surface area (Å²) in [5, 5.41) is 19.0. The summed E-state index contributed by atoms with van der Waals surface area (Å²) < 4.78 is 27.9. The maximum Gasteiger partial charge on any atom is 0.473 e. The normalized spacial score (nSPS) is 14.8. The van der Waals surface area contributed by atoms with Gasteiger partial charge < -0.3 is 25.6 Å². The van der Waals surface area contributed by atoms with E-state index in [0.29, 0.717) is 12.8 Å². The highest BCUT2D eigenvalue weighted by Crippen LogP contribution is 2.45. The number of aliphatic carboxylic acids is 1. The Labute approximate surface area is 315 Å². The van der Waals surface area contributed by atoms with E-state index in [1.54, 1.807) is 0 Å². The first-order valence-electron chi connectivity index (χ1n) is 20.3. The number of hydrogen-bond acceptors (Lipinski definition) is 9. The van der Waals surface area contributed by atoms with Crippen LogP contribution >= 0.6 is 7.82 Å². The number of ether oxygens (including phenoxy) is 1. The Morgan fingerprint density at radius 1 is 0.673 bits per heavy atom. The molecule has 0 aliphatic heterocycles. The molecule has 0 radical (unpaired) electrons. The number of Topliss-reactive ketones (excluding diaryl/α,β-unsaturated/α-hetero) is 1. The van der Waals surface area contributed by atoms with Gasteiger partial charge in [-0.1, -0.05) is 147 Å². The molecule has 304 valence electrons. The van der Waals surface area contributed by atoms with Crippen LogP contribution < -0.4 is 5.73 Å². The summed E-state index contributed by atoms with van der Waals surface area (Å²) in [6.45, 7) is 2.76. The molecular weight excluding hydrogens is 685 g/mol. The number of rotatable bonds is 38. The minimum Gasteiger partial charge on any atom is -0.480 e. The van der Waals surface area contributed by atoms with Crippen LogP contribution in [0.5, 0.6) is 0 Å². The van der Waals surface area contributed by atoms with Crippen molar-refractivity contribution in [3.05, 3.63) is 24.3 Å². The van der Waals surface area contributed by atoms with Gasteiger partial charge in [-0.05, 0) is 44.9 Å². The fourth-order valence-corrected chi connectivity index (χ4v) is 6.67. The van der Waals surface area contributed by atoms with Crippen LogP contribution in [0.4, 0.5) is 0 Å². The van der Waals surface area contributed by atoms with E-state index >= 15 is 0 Å². The summed E-state index contributed by atoms with van der Waals surface area (Å²) in [4.78, 5) is 47.1. The first-order chi connectivity index (χ1) is 25.1. The molecule has 2 unspecified atom stereocenters. The number of unbranched alkanes of at least 4 members (excludes halogenated alkanes) is 20. The number of ketones is 1. The highest BCUT2D eigenvalue weighted by Gasteiger charge is 2.39. The Hall–Kier alpha value is -1.88. The molecule has 0 bridgehead atoms. The molecule has 0 rings (SSSR count). The highest BCUT2D eigenvalue weighted by atomic mass is 31.2. The predicted molar refractivity (Wildman–Crippen MR) is 208 cm³/mol. The minimum atomic E-state index is -5.01. The molecule has 0 aromatic carbocycles. The highest BCUT2D eigenvalue weighted by molar-refractivity contribution is 7.47. The minimum absolute atomic E-state index is 0.0178. The Balaban J connectivity index is 4.71. The number of aliphatic hydroxyl groups is 1. The number of esters is 1. The Morgan fingerprint density at radius 2 is 1.12 bits per heavy atom. The van der Waals surface area contributed by atoms with Crippen LogP contribution in [0.2, 0.25) is 0 Å². The summed E-state index contributed by atoms with van der Waals surface area (Å²) in [5.41, 5.74) is 5.36. The molecule has 0 amide bonds. The van der Waals surface area contributed by atoms with E-state index < -0.39 is 57.0 Å². The summed E-state index contributed by atoms with van der Waals surface area (Å²) in [6, 6.07) is -1.60. The number of carbonyl (C=O) groups excluding carboxylic acids is 2. The third-order valence-corrected chi connectivity index (χ3v) is 9.93. The second-order valence-electron chi connectivity index (χ2n) is 13.9. The van der Waals surface area contributed by atoms with Crippen molar-refractivity contribution in [3.63, 3.8) is 0 Å². The van der Waals surface area contributed by atoms with Crippen molar-refractivity contribution in [2.45, 2.75) is 199 Å². The molecule has 0 saturated carbocycles. The van der Waals surface area contributed by atoms with E-state index in [4.69, 9.17) is 24.6 Å². The largest absolute Gasteiger partial charge is 0.480 e. The molecule has 0 aromatic rings. The van der Waals surface area contributed by atoms with Gasteiger partial charge in [-0.3, -0.25) is 23.4 Å². The van der Waals surface area contributed by atoms with E-state index in [1.165, 1.54) is 70.6 Å². The molecule has 0 aromatic heterocycles. The van der Waals surface area contributed by atoms with Crippen molar-refractivity contribution in [1.29, 1.82) is 0 Å². The number of carboxylic acid groups (broad SMARTS) is 1. The molecule has 52 heavy (non-hydrogen) atoms. The second kappa shape index (κ2) is 34.9. The Kier molecular flexibility index (Phi) is 33.6. The summed E-state index contributed by atoms with van der Waals surface area (Å²) in [5.74, 6) is -2.73. The lowest BCUT2D eigenvalue weighted by atomic mass is 10.0. The van der Waals surface area contributed by atoms with Gasteiger partial charge >= 0.3 is 19.8 Å². The molecule has 5 N–H and O–H groups in total. The van der Waals surface area contributed by atoms with Crippen molar-refractivity contribution < 1.29 is 47.8 Å². The van der Waals surface area contributed by atoms with Gasteiger partial charge in [-0.2, -0.15) is 0 Å². The number of aliphatic hydroxyl groups excluding tert-OH is 1. The van der Waals surface area contributed by atoms with Crippen LogP contribution in [0.1, 0.15) is 181 Å². The summed E-state index contributed by atoms with van der Waals surface area (Å²) in [7, 11) is -5.01. The molecule has 4 atom stereocenters. The van der Waals surface area contributed by atoms with Gasteiger partial charge in [0.05, 0.1) is 13.2 Å². The lowest BCUT2D eigenvalue weighted by Crippen LogP contribution is -2.42. The number of phosphoric ester groups is 1. The molecule has 0 fully saturated rings. The van der Waals surface area contributed by atoms with Gasteiger partial charge in [-0.15, -0.1) is 0 Å². The van der Waals surface area contributed by atoms with Gasteiger partial charge in [0.15, 0.2) is 18.0 Å². The van der Waals surface area contributed by atoms with Gasteiger partial charge in [0.25, 0.3) is 0 Å². The monoisotopic (exact) mass is 760 g/mol. The number of nitrogens with two attached hydrogens (primary N) is 1. The number of allylic oxidation sites excluding steroid dienone is 4. The zero-order valence-corrected chi connectivity index (χ0v) is 33.5. The fourth-order valence-electron chi connectivity index (χ4n) is 5.72. The van der Waals surface area contributed by atoms with Crippen molar-refractivity contribution >= 4 is 25.5 Å². The van der Waals surface area contributed by atoms with E-state index in [0.717, 1.165) is 70.6 Å². The molecule has 0 spiro atoms. The van der Waals surface area contributed by atoms with E-state index in [-0.39, 0.29) is 12.8 Å². The first-order valence-corrected chi connectivity index (χ1v) is 21.8. The number of phosphoric acid groups is 1. The van der Waals surface area contributed by atoms with Crippen LogP contribution in [-0.2, 0) is 32.7 Å². The zero-order chi connectivity index (χ0) is 38.7. The van der Waals surface area contributed by atoms with Crippen LogP contribution in [0.25, 0.3) is 0 Å². The average molecular weight is 760 g/mol. The van der Waals surface area contributed by atoms with Crippen molar-refractivity contribution in [2.24, 2.45) is 5.73 Å². The standard InChI is InChI=1S/C40H74NO10P/c1-3-5-7-9-11-13-15-17-18-20-22-24-26-28-30-32-38(44)50-37(33-42)39(51-52(47,48)49-34-35(41)40(45)46)36(43)31-29-27-25-23-21-19-16-14-12-10-8-6-4-2/h11,13,17-18,35,37,39,42H,3-10,12,14-16,19-34,41H2,1-2H3,(H,45,46)(H,47,48)/b13-11-,18-17-/t35-,37-,39?/m0/s1. The van der Waals surface area contributed by atoms with Gasteiger partial charge in [-0.25, -0.2) is 4.57 Å². The fraction of sp³-hybridized carbons (Fsp3) is 0.825. The molecule has 11 nitrogen and oxygen atoms in total. The van der Waals surface area contributed by atoms with E-state index in [2.05, 4.69) is 38.2 Å². The van der Waals surface area contributed by atoms with Crippen LogP contribution in [0, 0.1) is 0 Å². The second-order valence-corrected chi connectivity index (χ2v) is 15.3. The molecule has 0 heterocycles. The van der Waals surface area contributed by atoms with Crippen molar-refractivity contribution in [2.75, 3.05) is 13.2 Å². The number of hydrogen-bond donors (Lipinski definition) is 4. The SMILES string of the molecule is CCCCC/C=C\C/C=C\CCCCCCCC(=O)O[C@@H](CO)C(OP(=O)(O)OC[C@H](N)C(=O)O)C(=O)CCCCCCCCCCCCCCC. The van der Waals surface area contributed by atoms with Gasteiger partial charge in [0.2, 0.25) is 0 Å². The Morgan fingerprint density at radius 3 is 1.62 bits per heavy atom. The quantitative estimate of drug-likeness (QED) is 0.0203. The summed E-state index contributed by atoms with van der Waals surface area (Å²) >= 11 is 0. The number of carboxylic acids is 1. The van der Waals surface area contributed by atoms with Crippen LogP contribution in [0.15, 0.2) is 24.3 Å². The third-order valence-electron chi connectivity index (χ3n) is 8.96. The van der Waals surface area contributed by atoms with Gasteiger partial charge in [0.1, 0.15) is 6.04 Å². The number of carbonyl (C=O) groups is 3. The van der Waals surface area contributed by atoms with Crippen LogP contribution in [-0.4, -0.2) is 64.3 Å². The smallest absolute Gasteiger partial charge is 0.473 e. The predicted octanol–water partition coefficient (Wildman–Crippen LogP) is 9.67. The van der Waals surface area contributed by atoms with E-state index in [9.17, 15) is 28.9 Å². The van der Waals surface area contributed by atoms with Crippen molar-refractivity contribution in [1.82, 2.24) is 0 Å². The zero-order valence-electron chi connectivity index (χ0n) is 32.6. The maximum atomic E-state index is 13.2. The van der Waals surface area contributed by atoms with Crippen LogP contribution in [0.3, 0.4) is 0 Å². The molecule has 0 aliphatic rings.